The highest BCUT2D eigenvalue weighted by atomic mass is 16.6. The van der Waals surface area contributed by atoms with E-state index in [9.17, 15) is 39.6 Å². The molecule has 0 spiro atoms. The number of carboxylic acids is 1. The lowest BCUT2D eigenvalue weighted by Crippen LogP contribution is -2.65. The predicted octanol–water partition coefficient (Wildman–Crippen LogP) is -3.66. The van der Waals surface area contributed by atoms with Crippen molar-refractivity contribution in [3.63, 3.8) is 0 Å². The van der Waals surface area contributed by atoms with E-state index < -0.39 is 79.1 Å². The fraction of sp³-hybridized carbons (Fsp3) is 0.818. The van der Waals surface area contributed by atoms with Crippen molar-refractivity contribution in [2.45, 2.75) is 94.8 Å². The molecule has 1 rings (SSSR count). The van der Waals surface area contributed by atoms with Crippen molar-refractivity contribution in [1.82, 2.24) is 10.2 Å². The van der Waals surface area contributed by atoms with Gasteiger partial charge in [0.2, 0.25) is 17.7 Å². The quantitative estimate of drug-likeness (QED) is 0.0889. The average molecular weight is 536 g/mol. The first-order chi connectivity index (χ1) is 17.3. The first-order valence-corrected chi connectivity index (χ1v) is 12.2. The van der Waals surface area contributed by atoms with Gasteiger partial charge in [0.15, 0.2) is 6.29 Å². The summed E-state index contributed by atoms with van der Waals surface area (Å²) in [5.74, 6) is -3.37. The second kappa shape index (κ2) is 15.8. The maximum Gasteiger partial charge on any atom is 0.326 e. The summed E-state index contributed by atoms with van der Waals surface area (Å²) in [6, 6.07) is -3.73. The molecule has 0 aromatic heterocycles. The average Bonchev–Trinajstić information content (AvgIpc) is 2.81. The summed E-state index contributed by atoms with van der Waals surface area (Å²) in [5, 5.41) is 42.7. The molecule has 1 aliphatic heterocycles. The second-order valence-electron chi connectivity index (χ2n) is 9.12. The zero-order valence-corrected chi connectivity index (χ0v) is 21.2. The summed E-state index contributed by atoms with van der Waals surface area (Å²) in [6.07, 6.45) is -5.76. The highest BCUT2D eigenvalue weighted by molar-refractivity contribution is 5.87. The molecule has 11 N–H and O–H groups in total. The van der Waals surface area contributed by atoms with Crippen molar-refractivity contribution in [2.24, 2.45) is 17.2 Å². The number of aliphatic carboxylic acids is 1. The zero-order chi connectivity index (χ0) is 28.3. The lowest BCUT2D eigenvalue weighted by molar-refractivity contribution is -0.268. The molecule has 0 aliphatic carbocycles. The topological polar surface area (TPSA) is 261 Å². The summed E-state index contributed by atoms with van der Waals surface area (Å²) in [5.41, 5.74) is 16.7. The van der Waals surface area contributed by atoms with Crippen LogP contribution in [0.25, 0.3) is 0 Å². The summed E-state index contributed by atoms with van der Waals surface area (Å²) in [4.78, 5) is 49.2. The van der Waals surface area contributed by atoms with Crippen molar-refractivity contribution in [3.05, 3.63) is 0 Å². The summed E-state index contributed by atoms with van der Waals surface area (Å²) >= 11 is 0. The monoisotopic (exact) mass is 535 g/mol. The van der Waals surface area contributed by atoms with Gasteiger partial charge in [-0.25, -0.2) is 4.79 Å². The predicted molar refractivity (Wildman–Crippen MR) is 128 cm³/mol. The van der Waals surface area contributed by atoms with Crippen LogP contribution in [-0.2, 0) is 28.7 Å². The van der Waals surface area contributed by atoms with Crippen LogP contribution in [0.15, 0.2) is 0 Å². The summed E-state index contributed by atoms with van der Waals surface area (Å²) < 4.78 is 11.0. The van der Waals surface area contributed by atoms with Gasteiger partial charge in [-0.2, -0.15) is 0 Å². The second-order valence-corrected chi connectivity index (χ2v) is 9.12. The Bertz CT molecular complexity index is 772. The van der Waals surface area contributed by atoms with Crippen LogP contribution in [0.1, 0.15) is 46.0 Å². The zero-order valence-electron chi connectivity index (χ0n) is 21.2. The molecule has 0 aromatic carbocycles. The molecule has 0 saturated carbocycles. The Morgan fingerprint density at radius 1 is 1.16 bits per heavy atom. The molecule has 1 fully saturated rings. The van der Waals surface area contributed by atoms with Crippen LogP contribution in [0.2, 0.25) is 0 Å². The number of rotatable bonds is 16. The Morgan fingerprint density at radius 3 is 2.32 bits per heavy atom. The van der Waals surface area contributed by atoms with Gasteiger partial charge in [0.25, 0.3) is 0 Å². The lowest BCUT2D eigenvalue weighted by Gasteiger charge is -2.44. The van der Waals surface area contributed by atoms with Gasteiger partial charge in [0.1, 0.15) is 30.4 Å². The van der Waals surface area contributed by atoms with E-state index in [1.165, 1.54) is 13.8 Å². The number of hydrogen-bond donors (Lipinski definition) is 8. The van der Waals surface area contributed by atoms with Gasteiger partial charge in [0, 0.05) is 19.9 Å². The summed E-state index contributed by atoms with van der Waals surface area (Å²) in [7, 11) is 0. The van der Waals surface area contributed by atoms with Crippen LogP contribution in [0.5, 0.6) is 0 Å². The number of ether oxygens (including phenoxy) is 2. The van der Waals surface area contributed by atoms with Gasteiger partial charge in [-0.1, -0.05) is 6.42 Å². The van der Waals surface area contributed by atoms with Crippen LogP contribution >= 0.6 is 0 Å². The number of unbranched alkanes of at least 4 members (excludes halogenated alkanes) is 1. The first-order valence-electron chi connectivity index (χ1n) is 12.2. The van der Waals surface area contributed by atoms with Crippen molar-refractivity contribution < 1.29 is 49.1 Å². The molecular weight excluding hydrogens is 494 g/mol. The smallest absolute Gasteiger partial charge is 0.326 e. The molecule has 37 heavy (non-hydrogen) atoms. The Balaban J connectivity index is 3.19. The van der Waals surface area contributed by atoms with Crippen LogP contribution in [-0.4, -0.2) is 118 Å². The van der Waals surface area contributed by atoms with E-state index in [0.717, 1.165) is 4.90 Å². The molecular formula is C22H41N5O10. The minimum Gasteiger partial charge on any atom is -0.480 e. The number of aliphatic hydroxyl groups is 3. The van der Waals surface area contributed by atoms with Gasteiger partial charge in [0.05, 0.1) is 18.8 Å². The van der Waals surface area contributed by atoms with Gasteiger partial charge in [-0.3, -0.25) is 14.4 Å². The standard InChI is InChI=1S/C22H41N5O10/c1-11(36-19-17(26-12(2)29)22(35)37-15(10-28)18(19)31)9-27(14(21(33)34)6-7-16(25)30)20(32)13(24)5-3-4-8-23/h11,13-15,17-19,22,28,31,35H,3-10,23-24H2,1-2H3,(H2,25,30)(H,26,29)(H,33,34)/t11?,13-,14+,15+,17+,18+,19+,22-/m0/s1. The van der Waals surface area contributed by atoms with Crippen molar-refractivity contribution in [3.8, 4) is 0 Å². The Kier molecular flexibility index (Phi) is 13.9. The van der Waals surface area contributed by atoms with E-state index >= 15 is 0 Å². The number of carbonyl (C=O) groups excluding carboxylic acids is 3. The van der Waals surface area contributed by atoms with E-state index in [1.807, 2.05) is 0 Å². The number of primary amides is 1. The molecule has 15 nitrogen and oxygen atoms in total. The Labute approximate surface area is 215 Å². The maximum absolute atomic E-state index is 13.2. The number of aliphatic hydroxyl groups excluding tert-OH is 3. The van der Waals surface area contributed by atoms with Gasteiger partial charge in [-0.15, -0.1) is 0 Å². The number of carboxylic acid groups (broad SMARTS) is 1. The van der Waals surface area contributed by atoms with Crippen LogP contribution in [0, 0.1) is 0 Å². The molecule has 1 unspecified atom stereocenters. The Hall–Kier alpha value is -2.40. The first kappa shape index (κ1) is 32.6. The van der Waals surface area contributed by atoms with E-state index in [4.69, 9.17) is 26.7 Å². The number of hydrogen-bond acceptors (Lipinski definition) is 11. The third kappa shape index (κ3) is 10.1. The van der Waals surface area contributed by atoms with Crippen molar-refractivity contribution in [1.29, 1.82) is 0 Å². The fourth-order valence-corrected chi connectivity index (χ4v) is 4.13. The van der Waals surface area contributed by atoms with E-state index in [1.54, 1.807) is 0 Å². The highest BCUT2D eigenvalue weighted by Crippen LogP contribution is 2.24. The molecule has 3 amide bonds. The third-order valence-corrected chi connectivity index (χ3v) is 5.98. The normalized spacial score (nSPS) is 26.1. The number of amides is 3. The van der Waals surface area contributed by atoms with Crippen LogP contribution in [0.4, 0.5) is 0 Å². The van der Waals surface area contributed by atoms with Crippen LogP contribution in [0.3, 0.4) is 0 Å². The highest BCUT2D eigenvalue weighted by Gasteiger charge is 2.46. The van der Waals surface area contributed by atoms with Crippen LogP contribution < -0.4 is 22.5 Å². The largest absolute Gasteiger partial charge is 0.480 e. The van der Waals surface area contributed by atoms with Gasteiger partial charge < -0.3 is 57.3 Å². The molecule has 0 radical (unpaired) electrons. The lowest BCUT2D eigenvalue weighted by atomic mass is 9.96. The van der Waals surface area contributed by atoms with E-state index in [-0.39, 0.29) is 25.8 Å². The minimum atomic E-state index is -1.63. The fourth-order valence-electron chi connectivity index (χ4n) is 4.13. The molecule has 0 bridgehead atoms. The van der Waals surface area contributed by atoms with E-state index in [2.05, 4.69) is 5.32 Å². The SMILES string of the molecule is CC(=O)N[C@@H]1[C@@H](OC(C)CN(C(=O)[C@@H](N)CCCCN)[C@H](CCC(N)=O)C(=O)O)[C@H](O)[C@@H](CO)O[C@@H]1O. The van der Waals surface area contributed by atoms with Crippen molar-refractivity contribution in [2.75, 3.05) is 19.7 Å². The molecule has 0 aromatic rings. The summed E-state index contributed by atoms with van der Waals surface area (Å²) in [6.45, 7) is 2.09. The number of nitrogens with two attached hydrogens (primary N) is 3. The van der Waals surface area contributed by atoms with Gasteiger partial charge >= 0.3 is 5.97 Å². The minimum absolute atomic E-state index is 0.248. The number of nitrogens with one attached hydrogen (secondary N) is 1. The number of carbonyl (C=O) groups is 4. The molecule has 1 aliphatic rings. The van der Waals surface area contributed by atoms with Gasteiger partial charge in [-0.05, 0) is 32.7 Å². The molecule has 1 heterocycles. The molecule has 8 atom stereocenters. The molecule has 1 saturated heterocycles. The van der Waals surface area contributed by atoms with Crippen molar-refractivity contribution >= 4 is 23.7 Å². The number of nitrogens with zero attached hydrogens (tertiary/aromatic N) is 1. The Morgan fingerprint density at radius 2 is 1.81 bits per heavy atom. The maximum atomic E-state index is 13.2. The third-order valence-electron chi connectivity index (χ3n) is 5.98. The van der Waals surface area contributed by atoms with E-state index in [0.29, 0.717) is 19.4 Å². The molecule has 214 valence electrons. The molecule has 15 heteroatoms.